The molecule has 6 heteroatoms. The van der Waals surface area contributed by atoms with Gasteiger partial charge >= 0.3 is 11.9 Å². The monoisotopic (exact) mass is 585 g/mol. The molecular weight excluding hydrogens is 516 g/mol. The first-order chi connectivity index (χ1) is 20.1. The molecular formula is C35H68O6. The maximum Gasteiger partial charge on any atom is 0.306 e. The van der Waals surface area contributed by atoms with Gasteiger partial charge in [-0.2, -0.15) is 0 Å². The van der Waals surface area contributed by atoms with Crippen LogP contribution in [0.4, 0.5) is 0 Å². The molecule has 0 rings (SSSR count). The number of carbonyl (C=O) groups excluding carboxylic acids is 2. The van der Waals surface area contributed by atoms with Gasteiger partial charge in [0.15, 0.2) is 6.10 Å². The van der Waals surface area contributed by atoms with Crippen LogP contribution in [0, 0.1) is 0 Å². The zero-order valence-corrected chi connectivity index (χ0v) is 27.3. The maximum absolute atomic E-state index is 12.2. The van der Waals surface area contributed by atoms with Crippen molar-refractivity contribution in [1.82, 2.24) is 0 Å². The van der Waals surface area contributed by atoms with E-state index in [1.54, 1.807) is 0 Å². The van der Waals surface area contributed by atoms with Gasteiger partial charge in [-0.1, -0.05) is 168 Å². The summed E-state index contributed by atoms with van der Waals surface area (Å²) in [6, 6.07) is 0. The molecule has 0 aromatic carbocycles. The lowest BCUT2D eigenvalue weighted by Crippen LogP contribution is -2.29. The van der Waals surface area contributed by atoms with Crippen LogP contribution in [0.2, 0.25) is 0 Å². The lowest BCUT2D eigenvalue weighted by Gasteiger charge is -2.16. The molecule has 0 bridgehead atoms. The minimum atomic E-state index is -0.773. The van der Waals surface area contributed by atoms with Crippen molar-refractivity contribution in [3.8, 4) is 0 Å². The van der Waals surface area contributed by atoms with Crippen molar-refractivity contribution in [2.45, 2.75) is 200 Å². The van der Waals surface area contributed by atoms with Crippen LogP contribution in [0.5, 0.6) is 0 Å². The molecule has 0 aromatic rings. The molecule has 1 atom stereocenters. The van der Waals surface area contributed by atoms with Gasteiger partial charge in [0.05, 0.1) is 0 Å². The van der Waals surface area contributed by atoms with E-state index in [0.29, 0.717) is 12.8 Å². The Labute approximate surface area is 254 Å². The van der Waals surface area contributed by atoms with E-state index < -0.39 is 6.10 Å². The van der Waals surface area contributed by atoms with E-state index in [9.17, 15) is 9.59 Å². The number of unbranched alkanes of at least 4 members (excludes halogenated alkanes) is 24. The number of carbonyl (C=O) groups is 2. The van der Waals surface area contributed by atoms with Crippen LogP contribution < -0.4 is 0 Å². The van der Waals surface area contributed by atoms with E-state index in [1.807, 2.05) is 0 Å². The Morgan fingerprint density at radius 3 is 1.12 bits per heavy atom. The summed E-state index contributed by atoms with van der Waals surface area (Å²) in [5, 5.41) is 8.82. The first-order valence-corrected chi connectivity index (χ1v) is 17.7. The van der Waals surface area contributed by atoms with E-state index in [1.165, 1.54) is 128 Å². The Balaban J connectivity index is 3.63. The fourth-order valence-corrected chi connectivity index (χ4v) is 5.28. The molecule has 0 fully saturated rings. The molecule has 0 unspecified atom stereocenters. The lowest BCUT2D eigenvalue weighted by atomic mass is 10.0. The standard InChI is InChI=1S/C35H68O6/c1-3-5-7-9-11-13-15-17-19-21-23-25-27-29-34(36)39-31-33(32-40-38)41-35(37)30-28-26-24-22-20-18-16-14-12-10-8-6-4-2/h33,38H,3-32H2,1-2H3/t33-/m1/s1. The number of rotatable bonds is 33. The fraction of sp³-hybridized carbons (Fsp3) is 0.943. The molecule has 0 aliphatic rings. The third-order valence-electron chi connectivity index (χ3n) is 7.96. The Morgan fingerprint density at radius 2 is 0.780 bits per heavy atom. The van der Waals surface area contributed by atoms with Crippen LogP contribution in [0.1, 0.15) is 194 Å². The van der Waals surface area contributed by atoms with Crippen molar-refractivity contribution in [2.24, 2.45) is 0 Å². The Morgan fingerprint density at radius 1 is 0.463 bits per heavy atom. The third-order valence-corrected chi connectivity index (χ3v) is 7.96. The highest BCUT2D eigenvalue weighted by Gasteiger charge is 2.17. The second-order valence-electron chi connectivity index (χ2n) is 12.1. The van der Waals surface area contributed by atoms with Crippen molar-refractivity contribution in [3.05, 3.63) is 0 Å². The summed E-state index contributed by atoms with van der Waals surface area (Å²) in [6.45, 7) is 4.24. The van der Waals surface area contributed by atoms with E-state index in [4.69, 9.17) is 14.7 Å². The summed E-state index contributed by atoms with van der Waals surface area (Å²) in [7, 11) is 0. The molecule has 0 spiro atoms. The second kappa shape index (κ2) is 33.4. The summed E-state index contributed by atoms with van der Waals surface area (Å²) >= 11 is 0. The average Bonchev–Trinajstić information content (AvgIpc) is 2.96. The van der Waals surface area contributed by atoms with Gasteiger partial charge in [-0.25, -0.2) is 4.89 Å². The SMILES string of the molecule is CCCCCCCCCCCCCCCC(=O)OC[C@H](COO)OC(=O)CCCCCCCCCCCCCCC. The molecule has 0 aliphatic carbocycles. The van der Waals surface area contributed by atoms with Crippen molar-refractivity contribution in [2.75, 3.05) is 13.2 Å². The van der Waals surface area contributed by atoms with E-state index in [-0.39, 0.29) is 25.2 Å². The van der Waals surface area contributed by atoms with Crippen LogP contribution in [0.15, 0.2) is 0 Å². The molecule has 0 saturated carbocycles. The molecule has 0 radical (unpaired) electrons. The molecule has 0 aliphatic heterocycles. The highest BCUT2D eigenvalue weighted by Crippen LogP contribution is 2.15. The number of hydrogen-bond acceptors (Lipinski definition) is 6. The summed E-state index contributed by atoms with van der Waals surface area (Å²) in [6.07, 6.45) is 32.6. The van der Waals surface area contributed by atoms with Crippen molar-refractivity contribution in [3.63, 3.8) is 0 Å². The van der Waals surface area contributed by atoms with Crippen molar-refractivity contribution < 1.29 is 29.2 Å². The molecule has 6 nitrogen and oxygen atoms in total. The van der Waals surface area contributed by atoms with Crippen LogP contribution in [-0.2, 0) is 24.0 Å². The summed E-state index contributed by atoms with van der Waals surface area (Å²) in [5.41, 5.74) is 0. The molecule has 0 aromatic heterocycles. The maximum atomic E-state index is 12.2. The fourth-order valence-electron chi connectivity index (χ4n) is 5.28. The quantitative estimate of drug-likeness (QED) is 0.0357. The highest BCUT2D eigenvalue weighted by molar-refractivity contribution is 5.70. The van der Waals surface area contributed by atoms with Crippen LogP contribution in [0.25, 0.3) is 0 Å². The number of hydrogen-bond donors (Lipinski definition) is 1. The minimum Gasteiger partial charge on any atom is -0.462 e. The lowest BCUT2D eigenvalue weighted by molar-refractivity contribution is -0.261. The van der Waals surface area contributed by atoms with Gasteiger partial charge in [0.25, 0.3) is 0 Å². The van der Waals surface area contributed by atoms with Crippen LogP contribution in [-0.4, -0.2) is 36.5 Å². The van der Waals surface area contributed by atoms with E-state index in [0.717, 1.165) is 38.5 Å². The Bertz CT molecular complexity index is 553. The largest absolute Gasteiger partial charge is 0.462 e. The third kappa shape index (κ3) is 31.6. The van der Waals surface area contributed by atoms with Gasteiger partial charge in [-0.15, -0.1) is 0 Å². The second-order valence-corrected chi connectivity index (χ2v) is 12.1. The Kier molecular flexibility index (Phi) is 32.4. The van der Waals surface area contributed by atoms with Gasteiger partial charge in [0.1, 0.15) is 13.2 Å². The van der Waals surface area contributed by atoms with Gasteiger partial charge in [-0.05, 0) is 12.8 Å². The molecule has 0 saturated heterocycles. The highest BCUT2D eigenvalue weighted by atomic mass is 17.1. The zero-order chi connectivity index (χ0) is 30.1. The number of esters is 2. The summed E-state index contributed by atoms with van der Waals surface area (Å²) < 4.78 is 10.6. The van der Waals surface area contributed by atoms with Gasteiger partial charge in [0.2, 0.25) is 0 Å². The van der Waals surface area contributed by atoms with Gasteiger partial charge in [0, 0.05) is 12.8 Å². The zero-order valence-electron chi connectivity index (χ0n) is 27.3. The number of ether oxygens (including phenoxy) is 2. The average molecular weight is 585 g/mol. The van der Waals surface area contributed by atoms with E-state index >= 15 is 0 Å². The van der Waals surface area contributed by atoms with Gasteiger partial charge < -0.3 is 9.47 Å². The predicted octanol–water partition coefficient (Wildman–Crippen LogP) is 10.9. The van der Waals surface area contributed by atoms with E-state index in [2.05, 4.69) is 18.7 Å². The summed E-state index contributed by atoms with van der Waals surface area (Å²) in [5.74, 6) is -0.619. The molecule has 244 valence electrons. The molecule has 0 heterocycles. The predicted molar refractivity (Wildman–Crippen MR) is 170 cm³/mol. The topological polar surface area (TPSA) is 82.1 Å². The Hall–Kier alpha value is -1.14. The minimum absolute atomic E-state index is 0.0812. The van der Waals surface area contributed by atoms with Gasteiger partial charge in [-0.3, -0.25) is 14.8 Å². The van der Waals surface area contributed by atoms with Crippen LogP contribution in [0.3, 0.4) is 0 Å². The normalized spacial score (nSPS) is 12.0. The molecule has 0 amide bonds. The van der Waals surface area contributed by atoms with Crippen molar-refractivity contribution in [1.29, 1.82) is 0 Å². The first kappa shape index (κ1) is 39.9. The van der Waals surface area contributed by atoms with Crippen molar-refractivity contribution >= 4 is 11.9 Å². The molecule has 41 heavy (non-hydrogen) atoms. The smallest absolute Gasteiger partial charge is 0.306 e. The first-order valence-electron chi connectivity index (χ1n) is 17.7. The molecule has 1 N–H and O–H groups in total. The van der Waals surface area contributed by atoms with Crippen LogP contribution >= 0.6 is 0 Å². The summed E-state index contributed by atoms with van der Waals surface area (Å²) in [4.78, 5) is 28.4.